The third-order valence-corrected chi connectivity index (χ3v) is 2.79. The third kappa shape index (κ3) is 2.71. The lowest BCUT2D eigenvalue weighted by Gasteiger charge is -1.96. The Kier molecular flexibility index (Phi) is 3.30. The Morgan fingerprint density at radius 1 is 1.19 bits per heavy atom. The smallest absolute Gasteiger partial charge is 0.316 e. The number of oxazole rings is 1. The van der Waals surface area contributed by atoms with Crippen LogP contribution in [0.3, 0.4) is 0 Å². The third-order valence-electron chi connectivity index (χ3n) is 2.79. The standard InChI is InChI=1S/C14H10N4O3/c19-18(20)12-7-3-1-5-10(12)9-15-17-14-16-11-6-2-4-8-13(11)21-14/h1-9H,(H,16,17). The fourth-order valence-corrected chi connectivity index (χ4v) is 1.84. The van der Waals surface area contributed by atoms with Crippen LogP contribution in [0.4, 0.5) is 11.7 Å². The highest BCUT2D eigenvalue weighted by atomic mass is 16.6. The Labute approximate surface area is 119 Å². The van der Waals surface area contributed by atoms with Gasteiger partial charge in [0.1, 0.15) is 5.52 Å². The van der Waals surface area contributed by atoms with Crippen LogP contribution in [0.25, 0.3) is 11.1 Å². The first-order valence-electron chi connectivity index (χ1n) is 6.12. The Hall–Kier alpha value is -3.22. The van der Waals surface area contributed by atoms with E-state index < -0.39 is 4.92 Å². The van der Waals surface area contributed by atoms with Crippen LogP contribution in [0, 0.1) is 10.1 Å². The molecule has 7 heteroatoms. The van der Waals surface area contributed by atoms with Crippen molar-refractivity contribution < 1.29 is 9.34 Å². The second kappa shape index (κ2) is 5.41. The highest BCUT2D eigenvalue weighted by Gasteiger charge is 2.10. The van der Waals surface area contributed by atoms with Gasteiger partial charge in [-0.25, -0.2) is 5.43 Å². The minimum Gasteiger partial charge on any atom is -0.422 e. The van der Waals surface area contributed by atoms with E-state index >= 15 is 0 Å². The van der Waals surface area contributed by atoms with E-state index in [2.05, 4.69) is 15.5 Å². The Balaban J connectivity index is 1.79. The summed E-state index contributed by atoms with van der Waals surface area (Å²) in [6, 6.07) is 13.9. The largest absolute Gasteiger partial charge is 0.422 e. The van der Waals surface area contributed by atoms with Crippen LogP contribution < -0.4 is 5.43 Å². The van der Waals surface area contributed by atoms with Crippen LogP contribution in [0.15, 0.2) is 58.0 Å². The van der Waals surface area contributed by atoms with E-state index in [9.17, 15) is 10.1 Å². The molecule has 3 aromatic rings. The summed E-state index contributed by atoms with van der Waals surface area (Å²) in [7, 11) is 0. The van der Waals surface area contributed by atoms with Crippen molar-refractivity contribution in [3.05, 3.63) is 64.2 Å². The second-order valence-electron chi connectivity index (χ2n) is 4.17. The molecule has 2 aromatic carbocycles. The number of fused-ring (bicyclic) bond motifs is 1. The summed E-state index contributed by atoms with van der Waals surface area (Å²) >= 11 is 0. The number of hydrogen-bond donors (Lipinski definition) is 1. The normalized spacial score (nSPS) is 11.0. The maximum atomic E-state index is 10.9. The van der Waals surface area contributed by atoms with Gasteiger partial charge in [0, 0.05) is 6.07 Å². The predicted octanol–water partition coefficient (Wildman–Crippen LogP) is 3.18. The first-order valence-corrected chi connectivity index (χ1v) is 6.12. The molecule has 1 aromatic heterocycles. The molecule has 0 saturated carbocycles. The zero-order valence-corrected chi connectivity index (χ0v) is 10.8. The van der Waals surface area contributed by atoms with Crippen molar-refractivity contribution in [1.82, 2.24) is 4.98 Å². The number of hydrazone groups is 1. The first-order chi connectivity index (χ1) is 10.2. The summed E-state index contributed by atoms with van der Waals surface area (Å²) in [6.45, 7) is 0. The fraction of sp³-hybridized carbons (Fsp3) is 0. The molecule has 0 amide bonds. The number of anilines is 1. The molecule has 1 heterocycles. The molecular formula is C14H10N4O3. The number of benzene rings is 2. The van der Waals surface area contributed by atoms with Crippen molar-refractivity contribution >= 4 is 29.0 Å². The van der Waals surface area contributed by atoms with Gasteiger partial charge in [-0.15, -0.1) is 0 Å². The summed E-state index contributed by atoms with van der Waals surface area (Å²) in [5, 5.41) is 14.8. The highest BCUT2D eigenvalue weighted by Crippen LogP contribution is 2.18. The first kappa shape index (κ1) is 12.8. The number of hydrogen-bond acceptors (Lipinski definition) is 6. The van der Waals surface area contributed by atoms with E-state index in [1.807, 2.05) is 18.2 Å². The van der Waals surface area contributed by atoms with Gasteiger partial charge in [0.05, 0.1) is 16.7 Å². The second-order valence-corrected chi connectivity index (χ2v) is 4.17. The van der Waals surface area contributed by atoms with Crippen molar-refractivity contribution in [3.63, 3.8) is 0 Å². The number of aromatic nitrogens is 1. The zero-order valence-electron chi connectivity index (χ0n) is 10.8. The molecule has 0 aliphatic heterocycles. The average molecular weight is 282 g/mol. The molecule has 21 heavy (non-hydrogen) atoms. The zero-order chi connectivity index (χ0) is 14.7. The van der Waals surface area contributed by atoms with Gasteiger partial charge in [0.2, 0.25) is 0 Å². The molecule has 0 unspecified atom stereocenters. The van der Waals surface area contributed by atoms with Crippen molar-refractivity contribution in [2.75, 3.05) is 5.43 Å². The SMILES string of the molecule is O=[N+]([O-])c1ccccc1C=NNc1nc2ccccc2o1. The molecule has 0 atom stereocenters. The molecule has 0 radical (unpaired) electrons. The van der Waals surface area contributed by atoms with Crippen LogP contribution in [0.1, 0.15) is 5.56 Å². The van der Waals surface area contributed by atoms with E-state index in [1.54, 1.807) is 24.3 Å². The van der Waals surface area contributed by atoms with Gasteiger partial charge in [0.25, 0.3) is 5.69 Å². The van der Waals surface area contributed by atoms with E-state index in [-0.39, 0.29) is 11.7 Å². The average Bonchev–Trinajstić information content (AvgIpc) is 2.90. The molecule has 0 saturated heterocycles. The molecule has 0 bridgehead atoms. The molecule has 7 nitrogen and oxygen atoms in total. The van der Waals surface area contributed by atoms with Gasteiger partial charge in [-0.2, -0.15) is 10.1 Å². The number of nitrogens with zero attached hydrogens (tertiary/aromatic N) is 3. The van der Waals surface area contributed by atoms with Crippen molar-refractivity contribution in [1.29, 1.82) is 0 Å². The molecule has 0 aliphatic rings. The summed E-state index contributed by atoms with van der Waals surface area (Å²) in [6.07, 6.45) is 1.35. The van der Waals surface area contributed by atoms with Gasteiger partial charge in [-0.05, 0) is 18.2 Å². The Bertz CT molecular complexity index is 793. The van der Waals surface area contributed by atoms with Gasteiger partial charge >= 0.3 is 6.01 Å². The van der Waals surface area contributed by atoms with E-state index in [1.165, 1.54) is 12.3 Å². The fourth-order valence-electron chi connectivity index (χ4n) is 1.84. The molecule has 104 valence electrons. The lowest BCUT2D eigenvalue weighted by Crippen LogP contribution is -1.96. The van der Waals surface area contributed by atoms with Gasteiger partial charge < -0.3 is 4.42 Å². The monoisotopic (exact) mass is 282 g/mol. The number of nitro groups is 1. The lowest BCUT2D eigenvalue weighted by atomic mass is 10.2. The van der Waals surface area contributed by atoms with E-state index in [4.69, 9.17) is 4.42 Å². The van der Waals surface area contributed by atoms with Gasteiger partial charge in [-0.3, -0.25) is 10.1 Å². The Morgan fingerprint density at radius 2 is 1.95 bits per heavy atom. The number of nitro benzene ring substituents is 1. The van der Waals surface area contributed by atoms with Crippen LogP contribution in [0.2, 0.25) is 0 Å². The minimum atomic E-state index is -0.458. The topological polar surface area (TPSA) is 93.6 Å². The van der Waals surface area contributed by atoms with Crippen molar-refractivity contribution in [2.24, 2.45) is 5.10 Å². The van der Waals surface area contributed by atoms with E-state index in [0.29, 0.717) is 16.7 Å². The van der Waals surface area contributed by atoms with Gasteiger partial charge in [0.15, 0.2) is 5.58 Å². The van der Waals surface area contributed by atoms with Crippen LogP contribution in [-0.4, -0.2) is 16.1 Å². The molecule has 0 spiro atoms. The van der Waals surface area contributed by atoms with Crippen LogP contribution in [-0.2, 0) is 0 Å². The molecular weight excluding hydrogens is 272 g/mol. The number of rotatable bonds is 4. The number of para-hydroxylation sites is 3. The lowest BCUT2D eigenvalue weighted by molar-refractivity contribution is -0.385. The van der Waals surface area contributed by atoms with Crippen molar-refractivity contribution in [2.45, 2.75) is 0 Å². The summed E-state index contributed by atoms with van der Waals surface area (Å²) in [4.78, 5) is 14.6. The molecule has 3 rings (SSSR count). The molecule has 1 N–H and O–H groups in total. The maximum absolute atomic E-state index is 10.9. The number of nitrogens with one attached hydrogen (secondary N) is 1. The van der Waals surface area contributed by atoms with Crippen molar-refractivity contribution in [3.8, 4) is 0 Å². The quantitative estimate of drug-likeness (QED) is 0.450. The summed E-state index contributed by atoms with van der Waals surface area (Å²) in [5.74, 6) is 0. The minimum absolute atomic E-state index is 0.0133. The van der Waals surface area contributed by atoms with Crippen LogP contribution in [0.5, 0.6) is 0 Å². The summed E-state index contributed by atoms with van der Waals surface area (Å²) in [5.41, 5.74) is 4.35. The molecule has 0 fully saturated rings. The highest BCUT2D eigenvalue weighted by molar-refractivity contribution is 5.85. The van der Waals surface area contributed by atoms with Crippen LogP contribution >= 0.6 is 0 Å². The van der Waals surface area contributed by atoms with Gasteiger partial charge in [-0.1, -0.05) is 24.3 Å². The van der Waals surface area contributed by atoms with E-state index in [0.717, 1.165) is 0 Å². The maximum Gasteiger partial charge on any atom is 0.316 e. The Morgan fingerprint density at radius 3 is 2.76 bits per heavy atom. The molecule has 0 aliphatic carbocycles. The summed E-state index contributed by atoms with van der Waals surface area (Å²) < 4.78 is 5.41. The predicted molar refractivity (Wildman–Crippen MR) is 78.3 cm³/mol.